The summed E-state index contributed by atoms with van der Waals surface area (Å²) in [5.74, 6) is 1.19. The number of thiazole rings is 1. The maximum atomic E-state index is 12.2. The Bertz CT molecular complexity index is 918. The Balaban J connectivity index is 1.20. The molecule has 0 radical (unpaired) electrons. The van der Waals surface area contributed by atoms with E-state index in [9.17, 15) is 4.79 Å². The first-order valence-electron chi connectivity index (χ1n) is 9.56. The number of carbonyl (C=O) groups is 1. The predicted molar refractivity (Wildman–Crippen MR) is 115 cm³/mol. The van der Waals surface area contributed by atoms with Crippen LogP contribution in [0.5, 0.6) is 0 Å². The molecule has 0 aromatic carbocycles. The minimum absolute atomic E-state index is 0.233. The Labute approximate surface area is 177 Å². The Hall–Kier alpha value is -2.43. The van der Waals surface area contributed by atoms with Crippen LogP contribution in [-0.2, 0) is 6.54 Å². The van der Waals surface area contributed by atoms with Crippen LogP contribution in [-0.4, -0.2) is 50.6 Å². The molecular formula is C19H23N7OS2. The Morgan fingerprint density at radius 1 is 1.28 bits per heavy atom. The van der Waals surface area contributed by atoms with Gasteiger partial charge in [-0.05, 0) is 50.9 Å². The zero-order chi connectivity index (χ0) is 20.1. The molecule has 3 aromatic rings. The molecule has 4 heterocycles. The van der Waals surface area contributed by atoms with Gasteiger partial charge in [-0.1, -0.05) is 11.3 Å². The molecular weight excluding hydrogens is 406 g/mol. The quantitative estimate of drug-likeness (QED) is 0.595. The molecule has 4 rings (SSSR count). The average molecular weight is 430 g/mol. The number of rotatable bonds is 7. The summed E-state index contributed by atoms with van der Waals surface area (Å²) in [6, 6.07) is 3.61. The molecule has 29 heavy (non-hydrogen) atoms. The van der Waals surface area contributed by atoms with Crippen LogP contribution >= 0.6 is 22.7 Å². The van der Waals surface area contributed by atoms with E-state index in [1.54, 1.807) is 29.1 Å². The van der Waals surface area contributed by atoms with E-state index >= 15 is 0 Å². The summed E-state index contributed by atoms with van der Waals surface area (Å²) >= 11 is 3.00. The second-order valence-electron chi connectivity index (χ2n) is 7.09. The number of hydrogen-bond acceptors (Lipinski definition) is 9. The fourth-order valence-electron chi connectivity index (χ4n) is 3.34. The predicted octanol–water partition coefficient (Wildman–Crippen LogP) is 3.27. The minimum atomic E-state index is -0.233. The van der Waals surface area contributed by atoms with Gasteiger partial charge in [-0.3, -0.25) is 15.0 Å². The number of carbonyl (C=O) groups excluding carboxylic acids is 1. The fourth-order valence-corrected chi connectivity index (χ4v) is 4.38. The molecule has 8 nitrogen and oxygen atoms in total. The molecule has 152 valence electrons. The van der Waals surface area contributed by atoms with Crippen molar-refractivity contribution in [3.63, 3.8) is 0 Å². The van der Waals surface area contributed by atoms with Gasteiger partial charge in [0.2, 0.25) is 5.13 Å². The normalized spacial score (nSPS) is 15.3. The summed E-state index contributed by atoms with van der Waals surface area (Å²) in [6.45, 7) is 6.10. The number of nitrogens with zero attached hydrogens (tertiary/aromatic N) is 5. The van der Waals surface area contributed by atoms with Gasteiger partial charge < -0.3 is 5.32 Å². The summed E-state index contributed by atoms with van der Waals surface area (Å²) in [4.78, 5) is 23.6. The van der Waals surface area contributed by atoms with Crippen molar-refractivity contribution >= 4 is 39.5 Å². The largest absolute Gasteiger partial charge is 0.370 e. The number of aromatic nitrogens is 4. The third kappa shape index (κ3) is 5.55. The third-order valence-electron chi connectivity index (χ3n) is 4.94. The second-order valence-corrected chi connectivity index (χ2v) is 8.98. The van der Waals surface area contributed by atoms with Crippen LogP contribution in [0.4, 0.5) is 10.9 Å². The molecule has 2 N–H and O–H groups in total. The number of amides is 1. The van der Waals surface area contributed by atoms with Crippen LogP contribution in [0.15, 0.2) is 29.2 Å². The molecule has 0 spiro atoms. The lowest BCUT2D eigenvalue weighted by Gasteiger charge is -2.31. The van der Waals surface area contributed by atoms with E-state index in [2.05, 4.69) is 48.0 Å². The van der Waals surface area contributed by atoms with Crippen molar-refractivity contribution in [3.8, 4) is 0 Å². The van der Waals surface area contributed by atoms with Crippen molar-refractivity contribution in [2.75, 3.05) is 30.3 Å². The van der Waals surface area contributed by atoms with E-state index in [1.807, 2.05) is 6.07 Å². The van der Waals surface area contributed by atoms with Gasteiger partial charge in [-0.25, -0.2) is 9.97 Å². The topological polar surface area (TPSA) is 95.9 Å². The molecule has 3 aromatic heterocycles. The van der Waals surface area contributed by atoms with Crippen molar-refractivity contribution in [2.45, 2.75) is 26.3 Å². The van der Waals surface area contributed by atoms with E-state index in [0.29, 0.717) is 16.6 Å². The van der Waals surface area contributed by atoms with Gasteiger partial charge in [-0.15, -0.1) is 21.5 Å². The standard InChI is InChI=1S/C19H23N7OS2/c1-13-23-16(11-28-13)10-26-6-4-14(5-7-26)8-20-17-3-2-15(9-21-17)18(27)24-19-25-22-12-29-19/h2-3,9,11-12,14H,4-8,10H2,1H3,(H,20,21)(H,24,25,27). The number of likely N-dealkylation sites (tertiary alicyclic amines) is 1. The number of piperidine rings is 1. The molecule has 1 amide bonds. The van der Waals surface area contributed by atoms with Gasteiger partial charge >= 0.3 is 0 Å². The van der Waals surface area contributed by atoms with Crippen molar-refractivity contribution in [3.05, 3.63) is 45.5 Å². The lowest BCUT2D eigenvalue weighted by atomic mass is 9.96. The van der Waals surface area contributed by atoms with E-state index < -0.39 is 0 Å². The summed E-state index contributed by atoms with van der Waals surface area (Å²) in [5, 5.41) is 17.4. The number of aryl methyl sites for hydroxylation is 1. The van der Waals surface area contributed by atoms with Crippen molar-refractivity contribution in [1.82, 2.24) is 25.1 Å². The molecule has 0 unspecified atom stereocenters. The highest BCUT2D eigenvalue weighted by Gasteiger charge is 2.20. The number of pyridine rings is 1. The third-order valence-corrected chi connectivity index (χ3v) is 6.37. The number of anilines is 2. The SMILES string of the molecule is Cc1nc(CN2CCC(CNc3ccc(C(=O)Nc4nncs4)cn3)CC2)cs1. The minimum Gasteiger partial charge on any atom is -0.370 e. The smallest absolute Gasteiger partial charge is 0.259 e. The highest BCUT2D eigenvalue weighted by atomic mass is 32.1. The molecule has 1 aliphatic heterocycles. The molecule has 10 heteroatoms. The highest BCUT2D eigenvalue weighted by Crippen LogP contribution is 2.20. The van der Waals surface area contributed by atoms with Crippen LogP contribution in [0.1, 0.15) is 33.9 Å². The monoisotopic (exact) mass is 429 g/mol. The van der Waals surface area contributed by atoms with Crippen LogP contribution in [0, 0.1) is 12.8 Å². The van der Waals surface area contributed by atoms with Crippen LogP contribution in [0.2, 0.25) is 0 Å². The van der Waals surface area contributed by atoms with Gasteiger partial charge in [0, 0.05) is 24.7 Å². The average Bonchev–Trinajstić information content (AvgIpc) is 3.39. The molecule has 1 saturated heterocycles. The lowest BCUT2D eigenvalue weighted by Crippen LogP contribution is -2.35. The summed E-state index contributed by atoms with van der Waals surface area (Å²) < 4.78 is 0. The number of hydrogen-bond donors (Lipinski definition) is 2. The van der Waals surface area contributed by atoms with Crippen molar-refractivity contribution in [1.29, 1.82) is 0 Å². The molecule has 0 atom stereocenters. The highest BCUT2D eigenvalue weighted by molar-refractivity contribution is 7.13. The summed E-state index contributed by atoms with van der Waals surface area (Å²) in [6.07, 6.45) is 3.91. The van der Waals surface area contributed by atoms with Crippen LogP contribution in [0.25, 0.3) is 0 Å². The van der Waals surface area contributed by atoms with Crippen LogP contribution in [0.3, 0.4) is 0 Å². The first-order valence-corrected chi connectivity index (χ1v) is 11.3. The van der Waals surface area contributed by atoms with E-state index in [-0.39, 0.29) is 5.91 Å². The van der Waals surface area contributed by atoms with Gasteiger partial charge in [-0.2, -0.15) is 0 Å². The van der Waals surface area contributed by atoms with Crippen molar-refractivity contribution < 1.29 is 4.79 Å². The molecule has 1 fully saturated rings. The molecule has 1 aliphatic rings. The van der Waals surface area contributed by atoms with Gasteiger partial charge in [0.15, 0.2) is 0 Å². The molecule has 0 bridgehead atoms. The zero-order valence-electron chi connectivity index (χ0n) is 16.2. The zero-order valence-corrected chi connectivity index (χ0v) is 17.8. The Morgan fingerprint density at radius 2 is 2.14 bits per heavy atom. The van der Waals surface area contributed by atoms with Gasteiger partial charge in [0.1, 0.15) is 11.3 Å². The van der Waals surface area contributed by atoms with Gasteiger partial charge in [0.25, 0.3) is 5.91 Å². The molecule has 0 saturated carbocycles. The van der Waals surface area contributed by atoms with E-state index in [1.165, 1.54) is 29.9 Å². The Kier molecular flexibility index (Phi) is 6.43. The van der Waals surface area contributed by atoms with E-state index in [0.717, 1.165) is 37.0 Å². The van der Waals surface area contributed by atoms with E-state index in [4.69, 9.17) is 0 Å². The fraction of sp³-hybridized carbons (Fsp3) is 0.421. The number of nitrogens with one attached hydrogen (secondary N) is 2. The lowest BCUT2D eigenvalue weighted by molar-refractivity contribution is 0.102. The first-order chi connectivity index (χ1) is 14.2. The summed E-state index contributed by atoms with van der Waals surface area (Å²) in [7, 11) is 0. The second kappa shape index (κ2) is 9.38. The summed E-state index contributed by atoms with van der Waals surface area (Å²) in [5.41, 5.74) is 3.26. The van der Waals surface area contributed by atoms with Crippen molar-refractivity contribution in [2.24, 2.45) is 5.92 Å². The van der Waals surface area contributed by atoms with Gasteiger partial charge in [0.05, 0.1) is 16.3 Å². The maximum Gasteiger partial charge on any atom is 0.259 e. The van der Waals surface area contributed by atoms with Crippen LogP contribution < -0.4 is 10.6 Å². The Morgan fingerprint density at radius 3 is 2.79 bits per heavy atom. The first kappa shape index (κ1) is 19.9. The molecule has 0 aliphatic carbocycles. The maximum absolute atomic E-state index is 12.2.